The smallest absolute Gasteiger partial charge is 0.206 e. The Kier molecular flexibility index (Phi) is 8.70. The normalized spacial score (nSPS) is 25.1. The summed E-state index contributed by atoms with van der Waals surface area (Å²) < 4.78 is 95.9. The minimum absolute atomic E-state index is 0.0357. The first-order chi connectivity index (χ1) is 17.6. The molecule has 2 aromatic carbocycles. The lowest BCUT2D eigenvalue weighted by Gasteiger charge is -2.37. The molecular formula is C30H33F7. The predicted octanol–water partition coefficient (Wildman–Crippen LogP) is 9.70. The molecule has 0 radical (unpaired) electrons. The van der Waals surface area contributed by atoms with E-state index in [1.165, 1.54) is 31.7 Å². The Morgan fingerprint density at radius 3 is 1.86 bits per heavy atom. The van der Waals surface area contributed by atoms with E-state index < -0.39 is 35.0 Å². The molecule has 2 fully saturated rings. The van der Waals surface area contributed by atoms with Crippen molar-refractivity contribution in [2.45, 2.75) is 83.2 Å². The number of benzene rings is 2. The molecule has 0 saturated heterocycles. The van der Waals surface area contributed by atoms with Gasteiger partial charge in [0.15, 0.2) is 11.6 Å². The first-order valence-electron chi connectivity index (χ1n) is 13.2. The second-order valence-corrected chi connectivity index (χ2v) is 10.7. The molecule has 7 heteroatoms. The third-order valence-corrected chi connectivity index (χ3v) is 8.42. The molecule has 0 amide bonds. The van der Waals surface area contributed by atoms with Crippen molar-refractivity contribution in [2.75, 3.05) is 0 Å². The van der Waals surface area contributed by atoms with E-state index in [9.17, 15) is 26.3 Å². The van der Waals surface area contributed by atoms with Gasteiger partial charge in [-0.2, -0.15) is 13.2 Å². The summed E-state index contributed by atoms with van der Waals surface area (Å²) in [7, 11) is 0. The van der Waals surface area contributed by atoms with Crippen molar-refractivity contribution in [1.82, 2.24) is 0 Å². The van der Waals surface area contributed by atoms with Crippen molar-refractivity contribution >= 4 is 0 Å². The Hall–Kier alpha value is -2.31. The molecule has 0 spiro atoms. The van der Waals surface area contributed by atoms with Gasteiger partial charge in [0.05, 0.1) is 0 Å². The number of alkyl halides is 3. The number of aryl methyl sites for hydroxylation is 2. The molecule has 0 heterocycles. The van der Waals surface area contributed by atoms with Crippen LogP contribution in [0.3, 0.4) is 0 Å². The van der Waals surface area contributed by atoms with Crippen molar-refractivity contribution in [3.8, 4) is 0 Å². The van der Waals surface area contributed by atoms with E-state index in [0.29, 0.717) is 35.4 Å². The fraction of sp³-hybridized carbons (Fsp3) is 0.533. The van der Waals surface area contributed by atoms with E-state index in [-0.39, 0.29) is 29.9 Å². The van der Waals surface area contributed by atoms with Gasteiger partial charge in [0.25, 0.3) is 0 Å². The number of rotatable bonds is 6. The molecule has 202 valence electrons. The standard InChI is InChI=1S/C30H33F7/c1-2-3-18-4-7-20(8-5-18)21-10-12-22(13-11-21)24-15-14-23(28(33)29(24)34)9-6-19-16-25(31)27(26(32)17-19)30(35,36)37/h2-3,14-18,20-22H,4-13H2,1H3/b3-2+. The van der Waals surface area contributed by atoms with E-state index in [4.69, 9.17) is 0 Å². The third-order valence-electron chi connectivity index (χ3n) is 8.42. The summed E-state index contributed by atoms with van der Waals surface area (Å²) in [6.45, 7) is 2.06. The zero-order valence-electron chi connectivity index (χ0n) is 21.0. The van der Waals surface area contributed by atoms with Crippen LogP contribution in [0.25, 0.3) is 0 Å². The topological polar surface area (TPSA) is 0 Å². The van der Waals surface area contributed by atoms with Gasteiger partial charge in [0, 0.05) is 0 Å². The summed E-state index contributed by atoms with van der Waals surface area (Å²) in [6, 6.07) is 4.27. The van der Waals surface area contributed by atoms with Crippen LogP contribution < -0.4 is 0 Å². The van der Waals surface area contributed by atoms with Gasteiger partial charge >= 0.3 is 6.18 Å². The van der Waals surface area contributed by atoms with Gasteiger partial charge < -0.3 is 0 Å². The van der Waals surface area contributed by atoms with Crippen LogP contribution in [-0.4, -0.2) is 0 Å². The quantitative estimate of drug-likeness (QED) is 0.260. The number of allylic oxidation sites excluding steroid dienone is 2. The molecule has 0 aromatic heterocycles. The molecule has 37 heavy (non-hydrogen) atoms. The molecule has 2 saturated carbocycles. The van der Waals surface area contributed by atoms with E-state index in [0.717, 1.165) is 25.7 Å². The van der Waals surface area contributed by atoms with Crippen LogP contribution in [-0.2, 0) is 19.0 Å². The van der Waals surface area contributed by atoms with Crippen LogP contribution in [0.4, 0.5) is 30.7 Å². The van der Waals surface area contributed by atoms with Gasteiger partial charge in [-0.1, -0.05) is 24.3 Å². The number of hydrogen-bond acceptors (Lipinski definition) is 0. The highest BCUT2D eigenvalue weighted by molar-refractivity contribution is 5.32. The van der Waals surface area contributed by atoms with Gasteiger partial charge in [0.1, 0.15) is 17.2 Å². The van der Waals surface area contributed by atoms with Crippen molar-refractivity contribution in [3.63, 3.8) is 0 Å². The van der Waals surface area contributed by atoms with Crippen LogP contribution in [0.5, 0.6) is 0 Å². The summed E-state index contributed by atoms with van der Waals surface area (Å²) >= 11 is 0. The lowest BCUT2D eigenvalue weighted by Crippen LogP contribution is -2.25. The van der Waals surface area contributed by atoms with Gasteiger partial charge in [-0.05, 0) is 124 Å². The number of halogens is 7. The zero-order chi connectivity index (χ0) is 26.7. The van der Waals surface area contributed by atoms with Crippen molar-refractivity contribution in [1.29, 1.82) is 0 Å². The van der Waals surface area contributed by atoms with Crippen LogP contribution in [0.2, 0.25) is 0 Å². The van der Waals surface area contributed by atoms with E-state index in [1.807, 2.05) is 0 Å². The van der Waals surface area contributed by atoms with Gasteiger partial charge in [-0.15, -0.1) is 0 Å². The molecule has 4 rings (SSSR count). The highest BCUT2D eigenvalue weighted by Crippen LogP contribution is 2.45. The van der Waals surface area contributed by atoms with Crippen LogP contribution in [0.15, 0.2) is 36.4 Å². The summed E-state index contributed by atoms with van der Waals surface area (Å²) in [4.78, 5) is 0. The van der Waals surface area contributed by atoms with Gasteiger partial charge in [-0.25, -0.2) is 17.6 Å². The van der Waals surface area contributed by atoms with Gasteiger partial charge in [-0.3, -0.25) is 0 Å². The van der Waals surface area contributed by atoms with Crippen LogP contribution in [0.1, 0.15) is 86.5 Å². The molecule has 0 aliphatic heterocycles. The average Bonchev–Trinajstić information content (AvgIpc) is 2.84. The van der Waals surface area contributed by atoms with Crippen molar-refractivity contribution in [3.05, 3.63) is 81.9 Å². The second-order valence-electron chi connectivity index (χ2n) is 10.7. The minimum Gasteiger partial charge on any atom is -0.206 e. The molecule has 0 bridgehead atoms. The van der Waals surface area contributed by atoms with Gasteiger partial charge in [0.2, 0.25) is 0 Å². The largest absolute Gasteiger partial charge is 0.422 e. The first-order valence-corrected chi connectivity index (χ1v) is 13.2. The zero-order valence-corrected chi connectivity index (χ0v) is 21.0. The van der Waals surface area contributed by atoms with Crippen LogP contribution in [0, 0.1) is 41.0 Å². The third kappa shape index (κ3) is 6.40. The second kappa shape index (κ2) is 11.6. The Labute approximate surface area is 214 Å². The maximum atomic E-state index is 15.0. The Bertz CT molecular complexity index is 1080. The summed E-state index contributed by atoms with van der Waals surface area (Å²) in [5.41, 5.74) is -1.60. The van der Waals surface area contributed by atoms with E-state index >= 15 is 4.39 Å². The van der Waals surface area contributed by atoms with Crippen molar-refractivity contribution in [2.24, 2.45) is 17.8 Å². The molecule has 0 nitrogen and oxygen atoms in total. The lowest BCUT2D eigenvalue weighted by molar-refractivity contribution is -0.142. The first kappa shape index (κ1) is 27.7. The molecule has 2 aliphatic rings. The lowest BCUT2D eigenvalue weighted by atomic mass is 9.68. The van der Waals surface area contributed by atoms with E-state index in [1.54, 1.807) is 6.07 Å². The highest BCUT2D eigenvalue weighted by Gasteiger charge is 2.38. The molecular weight excluding hydrogens is 493 g/mol. The average molecular weight is 527 g/mol. The summed E-state index contributed by atoms with van der Waals surface area (Å²) in [5, 5.41) is 0. The Balaban J connectivity index is 1.36. The predicted molar refractivity (Wildman–Crippen MR) is 130 cm³/mol. The molecule has 0 unspecified atom stereocenters. The molecule has 0 atom stereocenters. The number of hydrogen-bond donors (Lipinski definition) is 0. The summed E-state index contributed by atoms with van der Waals surface area (Å²) in [6.07, 6.45) is 7.64. The monoisotopic (exact) mass is 526 g/mol. The minimum atomic E-state index is -5.15. The maximum absolute atomic E-state index is 15.0. The SMILES string of the molecule is C/C=C/C1CCC(C2CCC(c3ccc(CCc4cc(F)c(C(F)(F)F)c(F)c4)c(F)c3F)CC2)CC1. The Morgan fingerprint density at radius 2 is 1.32 bits per heavy atom. The fourth-order valence-corrected chi connectivity index (χ4v) is 6.42. The Morgan fingerprint density at radius 1 is 0.757 bits per heavy atom. The highest BCUT2D eigenvalue weighted by atomic mass is 19.4. The molecule has 2 aliphatic carbocycles. The van der Waals surface area contributed by atoms with Crippen molar-refractivity contribution < 1.29 is 30.7 Å². The van der Waals surface area contributed by atoms with Crippen LogP contribution >= 0.6 is 0 Å². The van der Waals surface area contributed by atoms with E-state index in [2.05, 4.69) is 19.1 Å². The molecule has 2 aromatic rings. The summed E-state index contributed by atoms with van der Waals surface area (Å²) in [5.74, 6) is -3.32. The fourth-order valence-electron chi connectivity index (χ4n) is 6.42. The maximum Gasteiger partial charge on any atom is 0.422 e. The molecule has 0 N–H and O–H groups in total.